The highest BCUT2D eigenvalue weighted by molar-refractivity contribution is 7.98. The summed E-state index contributed by atoms with van der Waals surface area (Å²) in [7, 11) is 0. The van der Waals surface area contributed by atoms with Crippen LogP contribution in [0.2, 0.25) is 0 Å². The Balaban J connectivity index is 1.63. The predicted octanol–water partition coefficient (Wildman–Crippen LogP) is 3.15. The summed E-state index contributed by atoms with van der Waals surface area (Å²) < 4.78 is 3.35. The highest BCUT2D eigenvalue weighted by Gasteiger charge is 2.16. The number of pyridine rings is 1. The van der Waals surface area contributed by atoms with Gasteiger partial charge in [-0.25, -0.2) is 9.97 Å². The van der Waals surface area contributed by atoms with Crippen molar-refractivity contribution >= 4 is 28.4 Å². The maximum absolute atomic E-state index is 12.4. The molecule has 0 bridgehead atoms. The van der Waals surface area contributed by atoms with E-state index >= 15 is 0 Å². The molecule has 0 aliphatic rings. The SMILES string of the molecule is Cc1ccccc1-n1c(SCc2cc(=O)n3ccccc3n2)nc2n[nH]c(C)c2c1=N. The van der Waals surface area contributed by atoms with Crippen LogP contribution in [-0.4, -0.2) is 29.1 Å². The maximum Gasteiger partial charge on any atom is 0.258 e. The van der Waals surface area contributed by atoms with Crippen molar-refractivity contribution in [3.63, 3.8) is 0 Å². The first-order chi connectivity index (χ1) is 15.0. The number of nitrogens with one attached hydrogen (secondary N) is 2. The topological polar surface area (TPSA) is 105 Å². The van der Waals surface area contributed by atoms with Crippen molar-refractivity contribution in [1.82, 2.24) is 29.1 Å². The number of rotatable bonds is 4. The van der Waals surface area contributed by atoms with Gasteiger partial charge >= 0.3 is 0 Å². The van der Waals surface area contributed by atoms with E-state index in [0.29, 0.717) is 38.8 Å². The van der Waals surface area contributed by atoms with Gasteiger partial charge in [-0.05, 0) is 37.6 Å². The number of aromatic nitrogens is 6. The van der Waals surface area contributed by atoms with Crippen molar-refractivity contribution in [1.29, 1.82) is 5.41 Å². The number of thioether (sulfide) groups is 1. The molecule has 0 aliphatic heterocycles. The van der Waals surface area contributed by atoms with Crippen LogP contribution < -0.4 is 11.0 Å². The van der Waals surface area contributed by atoms with Gasteiger partial charge in [-0.1, -0.05) is 36.0 Å². The van der Waals surface area contributed by atoms with E-state index in [0.717, 1.165) is 16.9 Å². The van der Waals surface area contributed by atoms with Crippen LogP contribution in [-0.2, 0) is 5.75 Å². The number of H-pyrrole nitrogens is 1. The molecule has 0 unspecified atom stereocenters. The van der Waals surface area contributed by atoms with Crippen LogP contribution in [0.3, 0.4) is 0 Å². The van der Waals surface area contributed by atoms with Crippen molar-refractivity contribution in [2.75, 3.05) is 0 Å². The van der Waals surface area contributed by atoms with Gasteiger partial charge < -0.3 is 0 Å². The van der Waals surface area contributed by atoms with Gasteiger partial charge in [0.15, 0.2) is 10.8 Å². The maximum atomic E-state index is 12.4. The minimum atomic E-state index is -0.125. The Morgan fingerprint density at radius 2 is 1.90 bits per heavy atom. The summed E-state index contributed by atoms with van der Waals surface area (Å²) in [4.78, 5) is 21.7. The second kappa shape index (κ2) is 7.51. The summed E-state index contributed by atoms with van der Waals surface area (Å²) in [6, 6.07) is 14.9. The summed E-state index contributed by atoms with van der Waals surface area (Å²) in [5.74, 6) is 0.438. The average Bonchev–Trinajstić information content (AvgIpc) is 3.14. The highest BCUT2D eigenvalue weighted by Crippen LogP contribution is 2.25. The number of aryl methyl sites for hydroxylation is 2. The average molecular weight is 430 g/mol. The second-order valence-corrected chi connectivity index (χ2v) is 8.16. The monoisotopic (exact) mass is 429 g/mol. The van der Waals surface area contributed by atoms with E-state index in [1.165, 1.54) is 22.2 Å². The second-order valence-electron chi connectivity index (χ2n) is 7.22. The van der Waals surface area contributed by atoms with Gasteiger partial charge in [0, 0.05) is 23.7 Å². The van der Waals surface area contributed by atoms with Crippen molar-refractivity contribution < 1.29 is 0 Å². The minimum Gasteiger partial charge on any atom is -0.283 e. The van der Waals surface area contributed by atoms with E-state index in [1.807, 2.05) is 54.8 Å². The molecule has 31 heavy (non-hydrogen) atoms. The standard InChI is InChI=1S/C22H19N7OS/c1-13-7-3-4-8-16(13)29-20(23)19-14(2)26-27-21(19)25-22(29)31-12-15-11-18(30)28-10-6-5-9-17(28)24-15/h3-11,23H,12H2,1-2H3,(H,26,27). The van der Waals surface area contributed by atoms with Gasteiger partial charge in [-0.3, -0.25) is 24.3 Å². The molecule has 4 heterocycles. The summed E-state index contributed by atoms with van der Waals surface area (Å²) in [6.45, 7) is 3.89. The van der Waals surface area contributed by atoms with Crippen LogP contribution >= 0.6 is 11.8 Å². The molecule has 8 nitrogen and oxygen atoms in total. The van der Waals surface area contributed by atoms with Gasteiger partial charge in [-0.15, -0.1) is 0 Å². The van der Waals surface area contributed by atoms with E-state index in [2.05, 4.69) is 15.2 Å². The zero-order chi connectivity index (χ0) is 21.5. The lowest BCUT2D eigenvalue weighted by Gasteiger charge is -2.15. The third-order valence-corrected chi connectivity index (χ3v) is 6.08. The normalized spacial score (nSPS) is 11.4. The third kappa shape index (κ3) is 3.32. The Hall–Kier alpha value is -3.72. The number of hydrogen-bond acceptors (Lipinski definition) is 6. The van der Waals surface area contributed by atoms with Crippen molar-refractivity contribution in [3.8, 4) is 5.69 Å². The summed E-state index contributed by atoms with van der Waals surface area (Å²) in [6.07, 6.45) is 1.70. The number of aromatic amines is 1. The van der Waals surface area contributed by atoms with Gasteiger partial charge in [0.2, 0.25) is 0 Å². The smallest absolute Gasteiger partial charge is 0.258 e. The zero-order valence-corrected chi connectivity index (χ0v) is 17.8. The summed E-state index contributed by atoms with van der Waals surface area (Å²) >= 11 is 1.43. The highest BCUT2D eigenvalue weighted by atomic mass is 32.2. The Labute approximate surface area is 181 Å². The number of benzene rings is 1. The molecule has 0 saturated carbocycles. The fourth-order valence-corrected chi connectivity index (χ4v) is 4.47. The van der Waals surface area contributed by atoms with Gasteiger partial charge in [0.25, 0.3) is 5.56 Å². The minimum absolute atomic E-state index is 0.125. The van der Waals surface area contributed by atoms with Crippen molar-refractivity contribution in [2.45, 2.75) is 24.8 Å². The Bertz CT molecular complexity index is 1560. The Morgan fingerprint density at radius 1 is 1.10 bits per heavy atom. The van der Waals surface area contributed by atoms with Gasteiger partial charge in [0.1, 0.15) is 11.1 Å². The molecule has 1 aromatic carbocycles. The lowest BCUT2D eigenvalue weighted by atomic mass is 10.2. The molecular weight excluding hydrogens is 410 g/mol. The van der Waals surface area contributed by atoms with Crippen molar-refractivity contribution in [3.05, 3.63) is 87.5 Å². The number of nitrogens with zero attached hydrogens (tertiary/aromatic N) is 5. The molecule has 4 aromatic heterocycles. The summed E-state index contributed by atoms with van der Waals surface area (Å²) in [5, 5.41) is 17.4. The van der Waals surface area contributed by atoms with Crippen LogP contribution in [0.5, 0.6) is 0 Å². The van der Waals surface area contributed by atoms with Crippen LogP contribution in [0.1, 0.15) is 17.0 Å². The lowest BCUT2D eigenvalue weighted by Crippen LogP contribution is -2.23. The van der Waals surface area contributed by atoms with E-state index in [-0.39, 0.29) is 5.56 Å². The number of hydrogen-bond donors (Lipinski definition) is 2. The lowest BCUT2D eigenvalue weighted by molar-refractivity contribution is 0.782. The molecule has 5 rings (SSSR count). The first-order valence-corrected chi connectivity index (χ1v) is 10.7. The van der Waals surface area contributed by atoms with Crippen LogP contribution in [0.15, 0.2) is 64.7 Å². The molecule has 0 atom stereocenters. The first-order valence-electron chi connectivity index (χ1n) is 9.71. The van der Waals surface area contributed by atoms with Crippen LogP contribution in [0.4, 0.5) is 0 Å². The fourth-order valence-electron chi connectivity index (χ4n) is 3.58. The molecule has 0 aliphatic carbocycles. The molecule has 5 aromatic rings. The molecule has 2 N–H and O–H groups in total. The summed E-state index contributed by atoms with van der Waals surface area (Å²) in [5.41, 5.74) is 4.68. The number of para-hydroxylation sites is 1. The van der Waals surface area contributed by atoms with E-state index in [1.54, 1.807) is 12.3 Å². The zero-order valence-electron chi connectivity index (χ0n) is 17.0. The van der Waals surface area contributed by atoms with E-state index < -0.39 is 0 Å². The van der Waals surface area contributed by atoms with E-state index in [4.69, 9.17) is 10.4 Å². The molecule has 0 spiro atoms. The fraction of sp³-hybridized carbons (Fsp3) is 0.136. The first kappa shape index (κ1) is 19.3. The quantitative estimate of drug-likeness (QED) is 0.337. The van der Waals surface area contributed by atoms with Gasteiger partial charge in [0.05, 0.1) is 16.8 Å². The van der Waals surface area contributed by atoms with Crippen molar-refractivity contribution in [2.24, 2.45) is 0 Å². The predicted molar refractivity (Wildman–Crippen MR) is 120 cm³/mol. The van der Waals surface area contributed by atoms with E-state index in [9.17, 15) is 4.79 Å². The van der Waals surface area contributed by atoms with Crippen LogP contribution in [0.25, 0.3) is 22.4 Å². The van der Waals surface area contributed by atoms with Crippen LogP contribution in [0, 0.1) is 19.3 Å². The molecule has 0 radical (unpaired) electrons. The molecule has 154 valence electrons. The largest absolute Gasteiger partial charge is 0.283 e. The number of fused-ring (bicyclic) bond motifs is 2. The third-order valence-electron chi connectivity index (χ3n) is 5.11. The molecular formula is C22H19N7OS. The molecule has 0 amide bonds. The molecule has 0 fully saturated rings. The Morgan fingerprint density at radius 3 is 2.74 bits per heavy atom. The molecule has 9 heteroatoms. The van der Waals surface area contributed by atoms with Gasteiger partial charge in [-0.2, -0.15) is 5.10 Å². The molecule has 0 saturated heterocycles. The Kier molecular flexibility index (Phi) is 4.67.